The van der Waals surface area contributed by atoms with Gasteiger partial charge >= 0.3 is 0 Å². The Hall–Kier alpha value is -3.63. The maximum atomic E-state index is 9.04. The summed E-state index contributed by atoms with van der Waals surface area (Å²) < 4.78 is 2.12. The average Bonchev–Trinajstić information content (AvgIpc) is 3.44. The predicted octanol–water partition coefficient (Wildman–Crippen LogP) is 3.35. The van der Waals surface area contributed by atoms with E-state index in [0.717, 1.165) is 47.0 Å². The van der Waals surface area contributed by atoms with Gasteiger partial charge in [0.2, 0.25) is 0 Å². The van der Waals surface area contributed by atoms with Gasteiger partial charge in [0.1, 0.15) is 5.82 Å². The van der Waals surface area contributed by atoms with Gasteiger partial charge in [0.25, 0.3) is 0 Å². The van der Waals surface area contributed by atoms with Crippen molar-refractivity contribution in [1.29, 1.82) is 10.7 Å². The molecule has 1 saturated heterocycles. The molecule has 0 atom stereocenters. The molecule has 150 valence electrons. The second-order valence-electron chi connectivity index (χ2n) is 7.70. The van der Waals surface area contributed by atoms with E-state index in [0.29, 0.717) is 17.9 Å². The third kappa shape index (κ3) is 3.02. The number of benzene rings is 1. The molecule has 7 nitrogen and oxygen atoms in total. The highest BCUT2D eigenvalue weighted by atomic mass is 15.5. The number of aromatic nitrogens is 2. The quantitative estimate of drug-likeness (QED) is 0.708. The standard InChI is InChI=1S/C23H23N7/c1-26-30-21-13-27-22(28-8-2-3-9-28)11-19(21)15-29-14-18(10-20(29)23(30)25)17-6-4-16(12-24)5-7-17/h4-7,10-11,13-14,25-26H,2-3,8-9,15H2,1H3. The minimum Gasteiger partial charge on any atom is -0.357 e. The van der Waals surface area contributed by atoms with Crippen LogP contribution in [0.5, 0.6) is 0 Å². The van der Waals surface area contributed by atoms with Crippen molar-refractivity contribution in [2.24, 2.45) is 0 Å². The lowest BCUT2D eigenvalue weighted by Crippen LogP contribution is -2.41. The van der Waals surface area contributed by atoms with Crippen molar-refractivity contribution in [3.63, 3.8) is 0 Å². The molecular weight excluding hydrogens is 374 g/mol. The van der Waals surface area contributed by atoms with E-state index in [-0.39, 0.29) is 0 Å². The van der Waals surface area contributed by atoms with Crippen molar-refractivity contribution in [2.75, 3.05) is 30.0 Å². The predicted molar refractivity (Wildman–Crippen MR) is 118 cm³/mol. The van der Waals surface area contributed by atoms with Gasteiger partial charge in [-0.05, 0) is 42.7 Å². The molecule has 0 spiro atoms. The lowest BCUT2D eigenvalue weighted by Gasteiger charge is -2.24. The van der Waals surface area contributed by atoms with Crippen molar-refractivity contribution in [2.45, 2.75) is 19.4 Å². The Balaban J connectivity index is 1.57. The summed E-state index contributed by atoms with van der Waals surface area (Å²) in [5.74, 6) is 1.39. The maximum absolute atomic E-state index is 9.04. The number of nitrogens with zero attached hydrogens (tertiary/aromatic N) is 5. The van der Waals surface area contributed by atoms with Crippen LogP contribution in [-0.4, -0.2) is 35.5 Å². The summed E-state index contributed by atoms with van der Waals surface area (Å²) >= 11 is 0. The molecule has 0 bridgehead atoms. The van der Waals surface area contributed by atoms with E-state index in [1.165, 1.54) is 12.8 Å². The van der Waals surface area contributed by atoms with E-state index in [2.05, 4.69) is 38.2 Å². The molecule has 0 saturated carbocycles. The molecule has 1 fully saturated rings. The van der Waals surface area contributed by atoms with Crippen LogP contribution in [-0.2, 0) is 6.54 Å². The van der Waals surface area contributed by atoms with E-state index < -0.39 is 0 Å². The van der Waals surface area contributed by atoms with Gasteiger partial charge in [0, 0.05) is 37.5 Å². The third-order valence-electron chi connectivity index (χ3n) is 5.90. The largest absolute Gasteiger partial charge is 0.357 e. The number of hydrogen-bond acceptors (Lipinski definition) is 5. The van der Waals surface area contributed by atoms with Crippen LogP contribution in [0.2, 0.25) is 0 Å². The Morgan fingerprint density at radius 2 is 1.87 bits per heavy atom. The van der Waals surface area contributed by atoms with Crippen LogP contribution in [0.15, 0.2) is 48.8 Å². The first-order valence-corrected chi connectivity index (χ1v) is 10.2. The zero-order valence-electron chi connectivity index (χ0n) is 16.9. The van der Waals surface area contributed by atoms with Gasteiger partial charge in [0.15, 0.2) is 5.84 Å². The van der Waals surface area contributed by atoms with Crippen molar-refractivity contribution < 1.29 is 0 Å². The van der Waals surface area contributed by atoms with Crippen LogP contribution in [0, 0.1) is 16.7 Å². The Kier molecular flexibility index (Phi) is 4.49. The summed E-state index contributed by atoms with van der Waals surface area (Å²) in [6, 6.07) is 13.9. The van der Waals surface area contributed by atoms with Gasteiger partial charge in [-0.2, -0.15) is 5.26 Å². The van der Waals surface area contributed by atoms with Gasteiger partial charge in [0.05, 0.1) is 35.8 Å². The molecule has 0 amide bonds. The summed E-state index contributed by atoms with van der Waals surface area (Å²) in [5.41, 5.74) is 8.74. The van der Waals surface area contributed by atoms with E-state index in [4.69, 9.17) is 10.7 Å². The molecule has 2 aliphatic rings. The fourth-order valence-corrected chi connectivity index (χ4v) is 4.31. The van der Waals surface area contributed by atoms with E-state index in [1.54, 1.807) is 5.01 Å². The average molecular weight is 397 g/mol. The van der Waals surface area contributed by atoms with Crippen LogP contribution in [0.25, 0.3) is 11.1 Å². The summed E-state index contributed by atoms with van der Waals surface area (Å²) in [6.07, 6.45) is 6.38. The maximum Gasteiger partial charge on any atom is 0.164 e. The number of pyridine rings is 1. The van der Waals surface area contributed by atoms with E-state index in [9.17, 15) is 0 Å². The molecule has 4 heterocycles. The first kappa shape index (κ1) is 18.4. The number of hydrazine groups is 1. The molecule has 0 radical (unpaired) electrons. The van der Waals surface area contributed by atoms with E-state index >= 15 is 0 Å². The molecular formula is C23H23N7. The zero-order chi connectivity index (χ0) is 20.7. The van der Waals surface area contributed by atoms with Gasteiger partial charge in [-0.3, -0.25) is 10.4 Å². The van der Waals surface area contributed by atoms with Gasteiger partial charge in [-0.15, -0.1) is 0 Å². The third-order valence-corrected chi connectivity index (χ3v) is 5.90. The van der Waals surface area contributed by atoms with Crippen molar-refractivity contribution >= 4 is 17.3 Å². The molecule has 2 aliphatic heterocycles. The first-order chi connectivity index (χ1) is 14.7. The highest BCUT2D eigenvalue weighted by Gasteiger charge is 2.26. The lowest BCUT2D eigenvalue weighted by atomic mass is 10.1. The number of nitrogens with one attached hydrogen (secondary N) is 2. The molecule has 30 heavy (non-hydrogen) atoms. The van der Waals surface area contributed by atoms with Crippen LogP contribution in [0.3, 0.4) is 0 Å². The summed E-state index contributed by atoms with van der Waals surface area (Å²) in [7, 11) is 1.83. The Labute approximate surface area is 175 Å². The van der Waals surface area contributed by atoms with Crippen molar-refractivity contribution in [3.8, 4) is 17.2 Å². The Morgan fingerprint density at radius 1 is 1.10 bits per heavy atom. The fraction of sp³-hybridized carbons (Fsp3) is 0.261. The van der Waals surface area contributed by atoms with Crippen molar-refractivity contribution in [1.82, 2.24) is 15.0 Å². The summed E-state index contributed by atoms with van der Waals surface area (Å²) in [4.78, 5) is 7.02. The number of fused-ring (bicyclic) bond motifs is 2. The number of anilines is 2. The Bertz CT molecular complexity index is 1150. The number of hydrogen-bond donors (Lipinski definition) is 2. The van der Waals surface area contributed by atoms with Gasteiger partial charge in [-0.1, -0.05) is 12.1 Å². The molecule has 2 N–H and O–H groups in total. The normalized spacial score (nSPS) is 15.5. The SMILES string of the molecule is CNN1C(=N)c2cc(-c3ccc(C#N)cc3)cn2Cc2cc(N3CCCC3)ncc21. The topological polar surface area (TPSA) is 84.0 Å². The number of amidine groups is 1. The fourth-order valence-electron chi connectivity index (χ4n) is 4.31. The molecule has 1 aromatic carbocycles. The van der Waals surface area contributed by atoms with Crippen LogP contribution in [0.1, 0.15) is 29.7 Å². The minimum absolute atomic E-state index is 0.381. The number of rotatable bonds is 3. The second kappa shape index (κ2) is 7.32. The second-order valence-corrected chi connectivity index (χ2v) is 7.70. The zero-order valence-corrected chi connectivity index (χ0v) is 16.9. The minimum atomic E-state index is 0.381. The van der Waals surface area contributed by atoms with Crippen molar-refractivity contribution in [3.05, 3.63) is 65.6 Å². The molecule has 7 heteroatoms. The Morgan fingerprint density at radius 3 is 2.57 bits per heavy atom. The molecule has 0 unspecified atom stereocenters. The molecule has 5 rings (SSSR count). The summed E-state index contributed by atoms with van der Waals surface area (Å²) in [6.45, 7) is 2.77. The summed E-state index contributed by atoms with van der Waals surface area (Å²) in [5, 5.41) is 19.7. The lowest BCUT2D eigenvalue weighted by molar-refractivity contribution is 0.801. The highest BCUT2D eigenvalue weighted by Crippen LogP contribution is 2.32. The smallest absolute Gasteiger partial charge is 0.164 e. The first-order valence-electron chi connectivity index (χ1n) is 10.2. The highest BCUT2D eigenvalue weighted by molar-refractivity contribution is 6.08. The van der Waals surface area contributed by atoms with Crippen LogP contribution < -0.4 is 15.3 Å². The van der Waals surface area contributed by atoms with Gasteiger partial charge < -0.3 is 9.47 Å². The van der Waals surface area contributed by atoms with Gasteiger partial charge in [-0.25, -0.2) is 10.4 Å². The monoisotopic (exact) mass is 397 g/mol. The van der Waals surface area contributed by atoms with Crippen LogP contribution >= 0.6 is 0 Å². The molecule has 0 aliphatic carbocycles. The molecule has 3 aromatic rings. The van der Waals surface area contributed by atoms with Crippen LogP contribution in [0.4, 0.5) is 11.5 Å². The number of nitriles is 1. The molecule has 2 aromatic heterocycles. The van der Waals surface area contributed by atoms with E-state index in [1.807, 2.05) is 43.6 Å².